The van der Waals surface area contributed by atoms with Crippen LogP contribution in [0.25, 0.3) is 0 Å². The van der Waals surface area contributed by atoms with Crippen LogP contribution in [0.2, 0.25) is 0 Å². The summed E-state index contributed by atoms with van der Waals surface area (Å²) in [5.41, 5.74) is 3.92. The highest BCUT2D eigenvalue weighted by atomic mass is 16.4. The second-order valence-corrected chi connectivity index (χ2v) is 12.2. The molecular weight excluding hydrogens is 502 g/mol. The third-order valence-corrected chi connectivity index (χ3v) is 9.47. The zero-order chi connectivity index (χ0) is 28.2. The normalized spacial score (nSPS) is 23.0. The Kier molecular flexibility index (Phi) is 8.89. The molecule has 3 fully saturated rings. The van der Waals surface area contributed by atoms with Gasteiger partial charge in [0.1, 0.15) is 5.92 Å². The predicted molar refractivity (Wildman–Crippen MR) is 155 cm³/mol. The molecule has 7 heteroatoms. The Morgan fingerprint density at radius 3 is 2.10 bits per heavy atom. The smallest absolute Gasteiger partial charge is 0.316 e. The van der Waals surface area contributed by atoms with Gasteiger partial charge >= 0.3 is 5.97 Å². The molecule has 7 nitrogen and oxygen atoms in total. The minimum atomic E-state index is -1.01. The van der Waals surface area contributed by atoms with Gasteiger partial charge in [-0.15, -0.1) is 0 Å². The number of hydrogen-bond donors (Lipinski definition) is 2. The zero-order valence-corrected chi connectivity index (χ0v) is 23.9. The van der Waals surface area contributed by atoms with Gasteiger partial charge in [-0.05, 0) is 67.6 Å². The number of rotatable bonds is 9. The first-order chi connectivity index (χ1) is 19.3. The van der Waals surface area contributed by atoms with E-state index < -0.39 is 11.9 Å². The number of aliphatic carboxylic acids is 1. The number of fused-ring (bicyclic) bond motifs is 1. The molecule has 0 spiro atoms. The first-order valence-corrected chi connectivity index (χ1v) is 15.0. The van der Waals surface area contributed by atoms with E-state index in [0.717, 1.165) is 93.5 Å². The van der Waals surface area contributed by atoms with Crippen molar-refractivity contribution in [2.45, 2.75) is 58.4 Å². The van der Waals surface area contributed by atoms with Crippen molar-refractivity contribution in [1.82, 2.24) is 15.1 Å². The quantitative estimate of drug-likeness (QED) is 0.441. The fourth-order valence-corrected chi connectivity index (χ4v) is 7.32. The molecule has 0 aromatic heterocycles. The summed E-state index contributed by atoms with van der Waals surface area (Å²) in [4.78, 5) is 43.3. The number of benzene rings is 2. The zero-order valence-electron chi connectivity index (χ0n) is 23.9. The summed E-state index contributed by atoms with van der Waals surface area (Å²) in [7, 11) is 0. The second-order valence-electron chi connectivity index (χ2n) is 12.2. The molecule has 5 rings (SSSR count). The van der Waals surface area contributed by atoms with E-state index in [1.807, 2.05) is 67.3 Å². The maximum absolute atomic E-state index is 13.3. The van der Waals surface area contributed by atoms with E-state index in [-0.39, 0.29) is 23.8 Å². The van der Waals surface area contributed by atoms with Crippen LogP contribution in [0.4, 0.5) is 0 Å². The van der Waals surface area contributed by atoms with E-state index in [9.17, 15) is 19.5 Å². The lowest BCUT2D eigenvalue weighted by Crippen LogP contribution is -2.42. The Balaban J connectivity index is 1.19. The van der Waals surface area contributed by atoms with E-state index in [1.165, 1.54) is 0 Å². The van der Waals surface area contributed by atoms with E-state index in [4.69, 9.17) is 0 Å². The molecule has 2 aromatic carbocycles. The fourth-order valence-electron chi connectivity index (χ4n) is 7.32. The number of aryl methyl sites for hydroxylation is 2. The van der Waals surface area contributed by atoms with Crippen molar-refractivity contribution in [3.8, 4) is 0 Å². The average Bonchev–Trinajstić information content (AvgIpc) is 3.51. The second kappa shape index (κ2) is 12.5. The summed E-state index contributed by atoms with van der Waals surface area (Å²) >= 11 is 0. The third kappa shape index (κ3) is 6.25. The van der Waals surface area contributed by atoms with Gasteiger partial charge in [-0.3, -0.25) is 14.4 Å². The monoisotopic (exact) mass is 545 g/mol. The number of hydrogen-bond acceptors (Lipinski definition) is 4. The van der Waals surface area contributed by atoms with Gasteiger partial charge in [0.2, 0.25) is 5.91 Å². The van der Waals surface area contributed by atoms with Crippen molar-refractivity contribution < 1.29 is 19.5 Å². The highest BCUT2D eigenvalue weighted by Crippen LogP contribution is 2.34. The Bertz CT molecular complexity index is 1180. The molecule has 2 N–H and O–H groups in total. The third-order valence-electron chi connectivity index (χ3n) is 9.47. The van der Waals surface area contributed by atoms with Crippen molar-refractivity contribution >= 4 is 17.8 Å². The van der Waals surface area contributed by atoms with Gasteiger partial charge in [0.05, 0.1) is 6.04 Å². The Hall–Kier alpha value is -3.19. The molecule has 2 aromatic rings. The number of nitrogens with zero attached hydrogens (tertiary/aromatic N) is 2. The van der Waals surface area contributed by atoms with Gasteiger partial charge in [-0.25, -0.2) is 0 Å². The molecule has 2 amide bonds. The lowest BCUT2D eigenvalue weighted by atomic mass is 9.79. The molecule has 1 saturated carbocycles. The van der Waals surface area contributed by atoms with Crippen LogP contribution in [0, 0.1) is 37.5 Å². The predicted octanol–water partition coefficient (Wildman–Crippen LogP) is 4.84. The fraction of sp³-hybridized carbons (Fsp3) is 0.545. The van der Waals surface area contributed by atoms with E-state index in [1.54, 1.807) is 0 Å². The maximum Gasteiger partial charge on any atom is 0.316 e. The first-order valence-electron chi connectivity index (χ1n) is 15.0. The minimum Gasteiger partial charge on any atom is -0.481 e. The molecule has 40 heavy (non-hydrogen) atoms. The summed E-state index contributed by atoms with van der Waals surface area (Å²) in [5.74, 6) is -1.38. The largest absolute Gasteiger partial charge is 0.481 e. The molecule has 0 bridgehead atoms. The van der Waals surface area contributed by atoms with E-state index >= 15 is 0 Å². The lowest BCUT2D eigenvalue weighted by molar-refractivity contribution is -0.150. The summed E-state index contributed by atoms with van der Waals surface area (Å²) in [6.45, 7) is 8.29. The van der Waals surface area contributed by atoms with Gasteiger partial charge < -0.3 is 20.2 Å². The Labute approximate surface area is 237 Å². The molecular formula is C33H43N3O4. The summed E-state index contributed by atoms with van der Waals surface area (Å²) < 4.78 is 0. The molecule has 2 aliphatic heterocycles. The van der Waals surface area contributed by atoms with Crippen LogP contribution in [-0.4, -0.2) is 65.4 Å². The lowest BCUT2D eigenvalue weighted by Gasteiger charge is -2.29. The van der Waals surface area contributed by atoms with Crippen molar-refractivity contribution in [3.63, 3.8) is 0 Å². The van der Waals surface area contributed by atoms with Gasteiger partial charge in [0.25, 0.3) is 5.91 Å². The first kappa shape index (κ1) is 28.3. The van der Waals surface area contributed by atoms with Crippen LogP contribution < -0.4 is 5.32 Å². The van der Waals surface area contributed by atoms with Gasteiger partial charge in [0.15, 0.2) is 0 Å². The van der Waals surface area contributed by atoms with Gasteiger partial charge in [0, 0.05) is 38.3 Å². The molecule has 4 atom stereocenters. The van der Waals surface area contributed by atoms with Crippen LogP contribution in [0.3, 0.4) is 0 Å². The van der Waals surface area contributed by atoms with Crippen LogP contribution >= 0.6 is 0 Å². The van der Waals surface area contributed by atoms with Crippen molar-refractivity contribution in [1.29, 1.82) is 0 Å². The number of likely N-dealkylation sites (tertiary alicyclic amines) is 2. The molecule has 3 unspecified atom stereocenters. The molecule has 2 saturated heterocycles. The van der Waals surface area contributed by atoms with Gasteiger partial charge in [-0.2, -0.15) is 0 Å². The van der Waals surface area contributed by atoms with Crippen molar-refractivity contribution in [2.75, 3.05) is 32.7 Å². The van der Waals surface area contributed by atoms with Crippen LogP contribution in [0.15, 0.2) is 48.5 Å². The number of nitrogens with one attached hydrogen (secondary N) is 1. The van der Waals surface area contributed by atoms with Crippen molar-refractivity contribution in [2.24, 2.45) is 23.7 Å². The van der Waals surface area contributed by atoms with Gasteiger partial charge in [-0.1, -0.05) is 67.8 Å². The number of carboxylic acid groups (broad SMARTS) is 1. The summed E-state index contributed by atoms with van der Waals surface area (Å²) in [5, 5.41) is 13.1. The Morgan fingerprint density at radius 2 is 1.50 bits per heavy atom. The highest BCUT2D eigenvalue weighted by Gasteiger charge is 2.42. The topological polar surface area (TPSA) is 90.0 Å². The Morgan fingerprint density at radius 1 is 0.875 bits per heavy atom. The van der Waals surface area contributed by atoms with Crippen molar-refractivity contribution in [3.05, 3.63) is 70.8 Å². The standard InChI is InChI=1S/C33H43N3O4/c1-22-10-9-11-23(2)29(22)32(38)36-20-26-18-35(19-27(26)21-36)17-16-28(24-12-5-3-6-13-24)34-31(37)30(33(39)40)25-14-7-4-8-15-25/h3,5-6,9-13,25-28,30H,4,7-8,14-21H2,1-2H3,(H,34,37)(H,39,40)/t26-,27?,28?,30?/m0/s1. The molecule has 0 radical (unpaired) electrons. The molecule has 2 heterocycles. The van der Waals surface area contributed by atoms with Crippen LogP contribution in [-0.2, 0) is 9.59 Å². The molecule has 214 valence electrons. The SMILES string of the molecule is Cc1cccc(C)c1C(=O)N1CC2CN(CCC(NC(=O)C(C(=O)O)C3CCCCC3)c3ccccc3)C[C@H]2C1. The minimum absolute atomic E-state index is 0.0882. The average molecular weight is 546 g/mol. The number of amides is 2. The molecule has 1 aliphatic carbocycles. The van der Waals surface area contributed by atoms with Crippen LogP contribution in [0.1, 0.15) is 71.6 Å². The number of carbonyl (C=O) groups is 3. The molecule has 3 aliphatic rings. The number of carbonyl (C=O) groups excluding carboxylic acids is 2. The number of carboxylic acids is 1. The van der Waals surface area contributed by atoms with Crippen LogP contribution in [0.5, 0.6) is 0 Å². The highest BCUT2D eigenvalue weighted by molar-refractivity contribution is 5.98. The van der Waals surface area contributed by atoms with E-state index in [2.05, 4.69) is 10.2 Å². The van der Waals surface area contributed by atoms with E-state index in [0.29, 0.717) is 11.8 Å². The maximum atomic E-state index is 13.3. The summed E-state index contributed by atoms with van der Waals surface area (Å²) in [6.07, 6.45) is 5.44. The summed E-state index contributed by atoms with van der Waals surface area (Å²) in [6, 6.07) is 15.7.